The molecule has 1 N–H and O–H groups in total. The maximum atomic E-state index is 12.4. The highest BCUT2D eigenvalue weighted by Gasteiger charge is 2.27. The van der Waals surface area contributed by atoms with Crippen LogP contribution in [0.4, 0.5) is 0 Å². The number of rotatable bonds is 8. The zero-order valence-electron chi connectivity index (χ0n) is 14.2. The number of thiophene rings is 1. The van der Waals surface area contributed by atoms with Crippen molar-refractivity contribution in [2.45, 2.75) is 12.8 Å². The molecule has 1 aliphatic heterocycles. The zero-order chi connectivity index (χ0) is 19.2. The molecule has 3 rings (SSSR count). The van der Waals surface area contributed by atoms with Crippen LogP contribution in [0.3, 0.4) is 0 Å². The second-order valence-electron chi connectivity index (χ2n) is 5.73. The molecule has 27 heavy (non-hydrogen) atoms. The summed E-state index contributed by atoms with van der Waals surface area (Å²) in [6.45, 7) is 0.00476. The lowest BCUT2D eigenvalue weighted by Crippen LogP contribution is -2.31. The van der Waals surface area contributed by atoms with Crippen molar-refractivity contribution in [3.63, 3.8) is 0 Å². The summed E-state index contributed by atoms with van der Waals surface area (Å²) in [5.74, 6) is -0.700. The number of carbonyl (C=O) groups is 3. The van der Waals surface area contributed by atoms with E-state index in [1.807, 2.05) is 17.5 Å². The Morgan fingerprint density at radius 3 is 2.89 bits per heavy atom. The number of amides is 1. The van der Waals surface area contributed by atoms with Gasteiger partial charge in [0.15, 0.2) is 12.4 Å². The third-order valence-electron chi connectivity index (χ3n) is 3.71. The molecule has 1 aromatic carbocycles. The van der Waals surface area contributed by atoms with Gasteiger partial charge >= 0.3 is 0 Å². The van der Waals surface area contributed by atoms with Crippen molar-refractivity contribution in [1.82, 2.24) is 5.32 Å². The Labute approximate surface area is 159 Å². The van der Waals surface area contributed by atoms with Gasteiger partial charge in [0.05, 0.1) is 5.56 Å². The lowest BCUT2D eigenvalue weighted by molar-refractivity contribution is -0.305. The molecule has 0 radical (unpaired) electrons. The molecule has 0 atom stereocenters. The zero-order valence-corrected chi connectivity index (χ0v) is 15.0. The Hall–Kier alpha value is -3.13. The third kappa shape index (κ3) is 4.95. The van der Waals surface area contributed by atoms with Crippen LogP contribution < -0.4 is 19.9 Å². The minimum absolute atomic E-state index is 0.112. The van der Waals surface area contributed by atoms with E-state index in [9.17, 15) is 19.5 Å². The van der Waals surface area contributed by atoms with Gasteiger partial charge in [0.2, 0.25) is 5.78 Å². The van der Waals surface area contributed by atoms with Crippen molar-refractivity contribution in [1.29, 1.82) is 0 Å². The number of ketones is 1. The number of Topliss-reactive ketones (excluding diaryl/α,β-unsaturated/α-hetero) is 1. The van der Waals surface area contributed by atoms with Gasteiger partial charge in [-0.25, -0.2) is 0 Å². The number of carbonyl (C=O) groups excluding carboxylic acids is 3. The van der Waals surface area contributed by atoms with Crippen molar-refractivity contribution in [2.24, 2.45) is 0 Å². The molecule has 0 aliphatic carbocycles. The van der Waals surface area contributed by atoms with Crippen molar-refractivity contribution >= 4 is 35.1 Å². The number of carboxylic acids is 1. The lowest BCUT2D eigenvalue weighted by atomic mass is 10.1. The first-order chi connectivity index (χ1) is 13.0. The molecular weight excluding hydrogens is 370 g/mol. The Bertz CT molecular complexity index is 888. The van der Waals surface area contributed by atoms with Crippen LogP contribution in [0, 0.1) is 0 Å². The quantitative estimate of drug-likeness (QED) is 0.543. The van der Waals surface area contributed by atoms with Crippen LogP contribution in [-0.2, 0) is 9.59 Å². The first-order valence-corrected chi connectivity index (χ1v) is 9.12. The van der Waals surface area contributed by atoms with Crippen molar-refractivity contribution in [3.05, 3.63) is 51.9 Å². The third-order valence-corrected chi connectivity index (χ3v) is 4.53. The number of aliphatic carboxylic acids is 1. The van der Waals surface area contributed by atoms with E-state index < -0.39 is 5.97 Å². The molecule has 0 spiro atoms. The number of hydrogen-bond acceptors (Lipinski definition) is 7. The van der Waals surface area contributed by atoms with Crippen LogP contribution in [0.25, 0.3) is 6.08 Å². The first kappa shape index (κ1) is 18.7. The van der Waals surface area contributed by atoms with Crippen LogP contribution in [-0.4, -0.2) is 30.8 Å². The molecule has 1 aromatic heterocycles. The molecule has 7 nitrogen and oxygen atoms in total. The molecule has 0 saturated heterocycles. The molecule has 0 bridgehead atoms. The van der Waals surface area contributed by atoms with Crippen molar-refractivity contribution in [3.8, 4) is 11.5 Å². The number of nitrogens with one attached hydrogen (secondary N) is 1. The van der Waals surface area contributed by atoms with E-state index in [4.69, 9.17) is 9.47 Å². The van der Waals surface area contributed by atoms with Crippen molar-refractivity contribution < 1.29 is 29.0 Å². The maximum absolute atomic E-state index is 12.4. The van der Waals surface area contributed by atoms with Gasteiger partial charge in [-0.2, -0.15) is 0 Å². The second kappa shape index (κ2) is 8.50. The number of hydrogen-bond donors (Lipinski definition) is 1. The summed E-state index contributed by atoms with van der Waals surface area (Å²) in [4.78, 5) is 35.2. The smallest absolute Gasteiger partial charge is 0.257 e. The SMILES string of the molecule is O=C([O-])CCCNC(=O)COc1ccc2c(c1)O/C(=C\c1cccs1)C2=O. The molecule has 1 amide bonds. The Kier molecular flexibility index (Phi) is 5.87. The van der Waals surface area contributed by atoms with Gasteiger partial charge in [0, 0.05) is 29.5 Å². The molecule has 8 heteroatoms. The van der Waals surface area contributed by atoms with E-state index in [2.05, 4.69) is 5.32 Å². The highest BCUT2D eigenvalue weighted by molar-refractivity contribution is 7.10. The number of fused-ring (bicyclic) bond motifs is 1. The van der Waals surface area contributed by atoms with Crippen molar-refractivity contribution in [2.75, 3.05) is 13.2 Å². The predicted molar refractivity (Wildman–Crippen MR) is 96.4 cm³/mol. The van der Waals surface area contributed by atoms with Gasteiger partial charge < -0.3 is 24.7 Å². The normalized spacial score (nSPS) is 13.9. The van der Waals surface area contributed by atoms with Crippen LogP contribution in [0.5, 0.6) is 11.5 Å². The van der Waals surface area contributed by atoms with Gasteiger partial charge in [-0.1, -0.05) is 6.07 Å². The van der Waals surface area contributed by atoms with E-state index in [1.165, 1.54) is 11.3 Å². The topological polar surface area (TPSA) is 105 Å². The molecule has 1 aliphatic rings. The monoisotopic (exact) mass is 386 g/mol. The second-order valence-corrected chi connectivity index (χ2v) is 6.71. The van der Waals surface area contributed by atoms with Gasteiger partial charge in [-0.05, 0) is 36.4 Å². The molecule has 2 heterocycles. The fourth-order valence-corrected chi connectivity index (χ4v) is 3.07. The van der Waals surface area contributed by atoms with Gasteiger partial charge in [0.1, 0.15) is 11.5 Å². The molecule has 0 unspecified atom stereocenters. The largest absolute Gasteiger partial charge is 0.550 e. The van der Waals surface area contributed by atoms with Crippen LogP contribution >= 0.6 is 11.3 Å². The van der Waals surface area contributed by atoms with E-state index in [0.29, 0.717) is 23.5 Å². The molecule has 2 aromatic rings. The molecule has 140 valence electrons. The molecule has 0 saturated carbocycles. The highest BCUT2D eigenvalue weighted by atomic mass is 32.1. The summed E-state index contributed by atoms with van der Waals surface area (Å²) in [6.07, 6.45) is 1.87. The maximum Gasteiger partial charge on any atom is 0.257 e. The number of ether oxygens (including phenoxy) is 2. The Morgan fingerprint density at radius 2 is 2.15 bits per heavy atom. The van der Waals surface area contributed by atoms with Crippen LogP contribution in [0.15, 0.2) is 41.5 Å². The van der Waals surface area contributed by atoms with E-state index >= 15 is 0 Å². The standard InChI is InChI=1S/C19H17NO6S/c21-17(20-7-1-4-18(22)23)11-25-12-5-6-14-15(9-12)26-16(19(14)24)10-13-3-2-8-27-13/h2-3,5-6,8-10H,1,4,7,11H2,(H,20,21)(H,22,23)/p-1/b16-10-. The summed E-state index contributed by atoms with van der Waals surface area (Å²) in [7, 11) is 0. The summed E-state index contributed by atoms with van der Waals surface area (Å²) < 4.78 is 11.0. The fourth-order valence-electron chi connectivity index (χ4n) is 2.42. The Morgan fingerprint density at radius 1 is 1.30 bits per heavy atom. The highest BCUT2D eigenvalue weighted by Crippen LogP contribution is 2.35. The van der Waals surface area contributed by atoms with Gasteiger partial charge in [0.25, 0.3) is 5.91 Å². The van der Waals surface area contributed by atoms with Gasteiger partial charge in [-0.15, -0.1) is 11.3 Å². The minimum Gasteiger partial charge on any atom is -0.550 e. The minimum atomic E-state index is -1.15. The summed E-state index contributed by atoms with van der Waals surface area (Å²) in [5, 5.41) is 14.8. The predicted octanol–water partition coefficient (Wildman–Crippen LogP) is 1.39. The van der Waals surface area contributed by atoms with Crippen LogP contribution in [0.2, 0.25) is 0 Å². The van der Waals surface area contributed by atoms with Crippen LogP contribution in [0.1, 0.15) is 28.1 Å². The van der Waals surface area contributed by atoms with E-state index in [1.54, 1.807) is 24.3 Å². The van der Waals surface area contributed by atoms with E-state index in [0.717, 1.165) is 4.88 Å². The average Bonchev–Trinajstić information content (AvgIpc) is 3.25. The van der Waals surface area contributed by atoms with Gasteiger partial charge in [-0.3, -0.25) is 9.59 Å². The first-order valence-electron chi connectivity index (χ1n) is 8.24. The summed E-state index contributed by atoms with van der Waals surface area (Å²) >= 11 is 1.50. The summed E-state index contributed by atoms with van der Waals surface area (Å²) in [6, 6.07) is 8.53. The average molecular weight is 386 g/mol. The Balaban J connectivity index is 1.54. The number of benzene rings is 1. The fraction of sp³-hybridized carbons (Fsp3) is 0.211. The van der Waals surface area contributed by atoms with E-state index in [-0.39, 0.29) is 37.0 Å². The number of allylic oxidation sites excluding steroid dienone is 1. The number of carboxylic acid groups (broad SMARTS) is 1. The lowest BCUT2D eigenvalue weighted by Gasteiger charge is -2.08. The molecular formula is C19H16NO6S-. The summed E-state index contributed by atoms with van der Waals surface area (Å²) in [5.41, 5.74) is 0.442. The molecule has 0 fully saturated rings.